The van der Waals surface area contributed by atoms with Gasteiger partial charge in [-0.1, -0.05) is 24.3 Å². The first-order valence-electron chi connectivity index (χ1n) is 9.71. The third kappa shape index (κ3) is 5.10. The Morgan fingerprint density at radius 1 is 1.17 bits per heavy atom. The van der Waals surface area contributed by atoms with E-state index in [0.717, 1.165) is 48.9 Å². The van der Waals surface area contributed by atoms with Gasteiger partial charge in [-0.3, -0.25) is 14.8 Å². The largest absolute Gasteiger partial charge is 0.369 e. The molecule has 2 N–H and O–H groups in total. The van der Waals surface area contributed by atoms with Crippen LogP contribution in [0.1, 0.15) is 12.0 Å². The van der Waals surface area contributed by atoms with Crippen molar-refractivity contribution in [1.29, 1.82) is 0 Å². The van der Waals surface area contributed by atoms with Crippen LogP contribution < -0.4 is 10.3 Å². The summed E-state index contributed by atoms with van der Waals surface area (Å²) in [5, 5.41) is 13.1. The molecule has 1 saturated heterocycles. The number of rotatable bonds is 7. The van der Waals surface area contributed by atoms with Gasteiger partial charge in [-0.15, -0.1) is 11.3 Å². The molecule has 0 saturated carbocycles. The summed E-state index contributed by atoms with van der Waals surface area (Å²) in [6.45, 7) is 4.64. The minimum atomic E-state index is -0.0760. The van der Waals surface area contributed by atoms with E-state index in [1.807, 2.05) is 23.6 Å². The monoisotopic (exact) mass is 408 g/mol. The average Bonchev–Trinajstić information content (AvgIpc) is 3.45. The van der Waals surface area contributed by atoms with E-state index in [1.165, 1.54) is 5.69 Å². The summed E-state index contributed by atoms with van der Waals surface area (Å²) >= 11 is 1.63. The van der Waals surface area contributed by atoms with E-state index < -0.39 is 0 Å². The maximum absolute atomic E-state index is 12.1. The van der Waals surface area contributed by atoms with E-state index in [2.05, 4.69) is 54.8 Å². The van der Waals surface area contributed by atoms with Gasteiger partial charge in [0.2, 0.25) is 5.91 Å². The minimum Gasteiger partial charge on any atom is -0.369 e. The smallest absolute Gasteiger partial charge is 0.241 e. The molecule has 3 aromatic rings. The molecule has 1 fully saturated rings. The predicted octanol–water partition coefficient (Wildman–Crippen LogP) is 2.80. The topological polar surface area (TPSA) is 76.6 Å². The van der Waals surface area contributed by atoms with Crippen molar-refractivity contribution in [3.8, 4) is 10.6 Å². The van der Waals surface area contributed by atoms with Gasteiger partial charge >= 0.3 is 0 Å². The highest BCUT2D eigenvalue weighted by molar-refractivity contribution is 7.13. The van der Waals surface area contributed by atoms with Crippen LogP contribution in [0.25, 0.3) is 10.6 Å². The summed E-state index contributed by atoms with van der Waals surface area (Å²) in [6, 6.07) is 14.5. The van der Waals surface area contributed by atoms with Crippen LogP contribution in [0.3, 0.4) is 0 Å². The number of amides is 1. The molecule has 7 nitrogen and oxygen atoms in total. The van der Waals surface area contributed by atoms with Crippen LogP contribution in [0, 0.1) is 0 Å². The number of anilines is 1. The summed E-state index contributed by atoms with van der Waals surface area (Å²) in [4.78, 5) is 17.9. The zero-order valence-electron chi connectivity index (χ0n) is 16.1. The number of piperazine rings is 1. The second kappa shape index (κ2) is 9.49. The molecule has 1 aliphatic heterocycles. The fourth-order valence-electron chi connectivity index (χ4n) is 3.37. The molecule has 0 spiro atoms. The molecular formula is C21H24N6OS. The Labute approximate surface area is 174 Å². The normalized spacial score (nSPS) is 15.1. The van der Waals surface area contributed by atoms with E-state index >= 15 is 0 Å². The molecule has 0 atom stereocenters. The number of aromatic amines is 1. The number of nitrogens with zero attached hydrogens (tertiary/aromatic N) is 4. The number of benzene rings is 1. The Bertz CT molecular complexity index is 929. The molecule has 3 heterocycles. The molecule has 0 aliphatic carbocycles. The van der Waals surface area contributed by atoms with Crippen LogP contribution in [-0.2, 0) is 4.79 Å². The Hall–Kier alpha value is -2.97. The first-order valence-corrected chi connectivity index (χ1v) is 10.6. The summed E-state index contributed by atoms with van der Waals surface area (Å²) in [7, 11) is 0. The van der Waals surface area contributed by atoms with E-state index in [-0.39, 0.29) is 5.91 Å². The van der Waals surface area contributed by atoms with Crippen LogP contribution >= 0.6 is 11.3 Å². The highest BCUT2D eigenvalue weighted by Crippen LogP contribution is 2.24. The van der Waals surface area contributed by atoms with E-state index in [4.69, 9.17) is 0 Å². The molecule has 4 rings (SSSR count). The van der Waals surface area contributed by atoms with Gasteiger partial charge in [-0.2, -0.15) is 10.2 Å². The number of carbonyl (C=O) groups is 1. The lowest BCUT2D eigenvalue weighted by Gasteiger charge is -2.36. The number of para-hydroxylation sites is 1. The van der Waals surface area contributed by atoms with Crippen molar-refractivity contribution in [3.05, 3.63) is 59.6 Å². The predicted molar refractivity (Wildman–Crippen MR) is 117 cm³/mol. The maximum atomic E-state index is 12.1. The van der Waals surface area contributed by atoms with Crippen LogP contribution in [-0.4, -0.2) is 59.9 Å². The molecule has 1 amide bonds. The van der Waals surface area contributed by atoms with Gasteiger partial charge < -0.3 is 4.90 Å². The summed E-state index contributed by atoms with van der Waals surface area (Å²) in [6.07, 6.45) is 3.78. The summed E-state index contributed by atoms with van der Waals surface area (Å²) < 4.78 is 0. The van der Waals surface area contributed by atoms with Gasteiger partial charge in [0.25, 0.3) is 0 Å². The second-order valence-corrected chi connectivity index (χ2v) is 7.83. The van der Waals surface area contributed by atoms with Crippen molar-refractivity contribution < 1.29 is 4.79 Å². The van der Waals surface area contributed by atoms with Crippen LogP contribution in [0.2, 0.25) is 0 Å². The lowest BCUT2D eigenvalue weighted by molar-refractivity contribution is -0.121. The van der Waals surface area contributed by atoms with Gasteiger partial charge in [0, 0.05) is 50.4 Å². The number of hydrogen-bond acceptors (Lipinski definition) is 6. The Morgan fingerprint density at radius 3 is 2.76 bits per heavy atom. The molecule has 0 unspecified atom stereocenters. The molecule has 1 aromatic carbocycles. The number of aromatic nitrogens is 2. The zero-order chi connectivity index (χ0) is 19.9. The van der Waals surface area contributed by atoms with E-state index in [1.54, 1.807) is 23.7 Å². The first-order chi connectivity index (χ1) is 14.3. The zero-order valence-corrected chi connectivity index (χ0v) is 16.9. The SMILES string of the molecule is O=C(CCN1CCN(c2ccccc2)CC1)N/N=C/c1cn[nH]c1-c1cccs1. The van der Waals surface area contributed by atoms with Gasteiger partial charge in [0.05, 0.1) is 23.0 Å². The van der Waals surface area contributed by atoms with Gasteiger partial charge in [0.15, 0.2) is 0 Å². The molecule has 2 aromatic heterocycles. The molecular weight excluding hydrogens is 384 g/mol. The number of carbonyl (C=O) groups excluding carboxylic acids is 1. The van der Waals surface area contributed by atoms with Crippen LogP contribution in [0.15, 0.2) is 59.1 Å². The molecule has 0 radical (unpaired) electrons. The summed E-state index contributed by atoms with van der Waals surface area (Å²) in [5.41, 5.74) is 5.65. The number of hydrogen-bond donors (Lipinski definition) is 2. The highest BCUT2D eigenvalue weighted by atomic mass is 32.1. The van der Waals surface area contributed by atoms with Gasteiger partial charge in [-0.25, -0.2) is 5.43 Å². The summed E-state index contributed by atoms with van der Waals surface area (Å²) in [5.74, 6) is -0.0760. The Morgan fingerprint density at radius 2 is 2.00 bits per heavy atom. The number of H-pyrrole nitrogens is 1. The lowest BCUT2D eigenvalue weighted by Crippen LogP contribution is -2.47. The highest BCUT2D eigenvalue weighted by Gasteiger charge is 2.17. The van der Waals surface area contributed by atoms with Crippen molar-refractivity contribution in [3.63, 3.8) is 0 Å². The van der Waals surface area contributed by atoms with E-state index in [0.29, 0.717) is 6.42 Å². The molecule has 8 heteroatoms. The second-order valence-electron chi connectivity index (χ2n) is 6.89. The van der Waals surface area contributed by atoms with Crippen molar-refractivity contribution in [1.82, 2.24) is 20.5 Å². The Kier molecular flexibility index (Phi) is 6.33. The molecule has 29 heavy (non-hydrogen) atoms. The third-order valence-electron chi connectivity index (χ3n) is 4.98. The average molecular weight is 409 g/mol. The van der Waals surface area contributed by atoms with Crippen LogP contribution in [0.4, 0.5) is 5.69 Å². The fraction of sp³-hybridized carbons (Fsp3) is 0.286. The third-order valence-corrected chi connectivity index (χ3v) is 5.87. The van der Waals surface area contributed by atoms with E-state index in [9.17, 15) is 4.79 Å². The fourth-order valence-corrected chi connectivity index (χ4v) is 4.11. The standard InChI is InChI=1S/C21H24N6OS/c28-20(24-22-15-17-16-23-25-21(17)19-7-4-14-29-19)8-9-26-10-12-27(13-11-26)18-5-2-1-3-6-18/h1-7,14-16H,8-13H2,(H,23,25)(H,24,28)/b22-15+. The molecule has 0 bridgehead atoms. The number of thiophene rings is 1. The van der Waals surface area contributed by atoms with Gasteiger partial charge in [-0.05, 0) is 23.6 Å². The van der Waals surface area contributed by atoms with Crippen molar-refractivity contribution in [2.24, 2.45) is 5.10 Å². The Balaban J connectivity index is 1.20. The quantitative estimate of drug-likeness (QED) is 0.466. The number of nitrogens with one attached hydrogen (secondary N) is 2. The molecule has 1 aliphatic rings. The van der Waals surface area contributed by atoms with Gasteiger partial charge in [0.1, 0.15) is 0 Å². The van der Waals surface area contributed by atoms with Crippen molar-refractivity contribution in [2.45, 2.75) is 6.42 Å². The molecule has 150 valence electrons. The van der Waals surface area contributed by atoms with Crippen molar-refractivity contribution in [2.75, 3.05) is 37.6 Å². The van der Waals surface area contributed by atoms with Crippen molar-refractivity contribution >= 4 is 29.1 Å². The van der Waals surface area contributed by atoms with Crippen LogP contribution in [0.5, 0.6) is 0 Å². The number of hydrazone groups is 1. The minimum absolute atomic E-state index is 0.0760. The maximum Gasteiger partial charge on any atom is 0.241 e. The lowest BCUT2D eigenvalue weighted by atomic mass is 10.2. The first kappa shape index (κ1) is 19.4.